The molecule has 0 saturated carbocycles. The first kappa shape index (κ1) is 20.8. The molecule has 156 valence electrons. The van der Waals surface area contributed by atoms with Gasteiger partial charge in [-0.2, -0.15) is 0 Å². The van der Waals surface area contributed by atoms with Crippen LogP contribution in [0, 0.1) is 5.92 Å². The summed E-state index contributed by atoms with van der Waals surface area (Å²) in [4.78, 5) is 49.8. The highest BCUT2D eigenvalue weighted by Gasteiger charge is 2.37. The highest BCUT2D eigenvalue weighted by atomic mass is 16.5. The molecule has 2 aromatic carbocycles. The van der Waals surface area contributed by atoms with Crippen molar-refractivity contribution < 1.29 is 28.7 Å². The van der Waals surface area contributed by atoms with Crippen LogP contribution >= 0.6 is 0 Å². The average Bonchev–Trinajstić information content (AvgIpc) is 3.17. The van der Waals surface area contributed by atoms with E-state index in [-0.39, 0.29) is 18.9 Å². The number of para-hydroxylation sites is 2. The first-order chi connectivity index (χ1) is 14.5. The molecule has 9 nitrogen and oxygen atoms in total. The number of hydrogen-bond donors (Lipinski definition) is 2. The number of hydrogen-bond acceptors (Lipinski definition) is 6. The van der Waals surface area contributed by atoms with Crippen LogP contribution in [0.1, 0.15) is 16.8 Å². The van der Waals surface area contributed by atoms with E-state index in [0.717, 1.165) is 0 Å². The topological polar surface area (TPSA) is 114 Å². The normalized spacial score (nSPS) is 15.4. The molecule has 1 aliphatic rings. The van der Waals surface area contributed by atoms with E-state index >= 15 is 0 Å². The van der Waals surface area contributed by atoms with Gasteiger partial charge in [0.2, 0.25) is 5.91 Å². The zero-order valence-electron chi connectivity index (χ0n) is 16.3. The predicted molar refractivity (Wildman–Crippen MR) is 106 cm³/mol. The summed E-state index contributed by atoms with van der Waals surface area (Å²) in [5, 5.41) is 0. The van der Waals surface area contributed by atoms with E-state index in [1.165, 1.54) is 12.0 Å². The zero-order valence-corrected chi connectivity index (χ0v) is 16.3. The van der Waals surface area contributed by atoms with Crippen molar-refractivity contribution in [2.45, 2.75) is 6.42 Å². The maximum atomic E-state index is 12.3. The van der Waals surface area contributed by atoms with Crippen molar-refractivity contribution in [3.8, 4) is 5.75 Å². The largest absolute Gasteiger partial charge is 0.495 e. The molecule has 9 heteroatoms. The number of ether oxygens (including phenoxy) is 2. The fraction of sp³-hybridized carbons (Fsp3) is 0.238. The lowest BCUT2D eigenvalue weighted by Crippen LogP contribution is -2.43. The molecule has 2 aromatic rings. The van der Waals surface area contributed by atoms with E-state index in [4.69, 9.17) is 9.47 Å². The lowest BCUT2D eigenvalue weighted by Gasteiger charge is -2.19. The van der Waals surface area contributed by atoms with Gasteiger partial charge in [0.25, 0.3) is 11.8 Å². The highest BCUT2D eigenvalue weighted by Crippen LogP contribution is 2.33. The van der Waals surface area contributed by atoms with E-state index in [1.807, 2.05) is 0 Å². The Morgan fingerprint density at radius 3 is 2.47 bits per heavy atom. The van der Waals surface area contributed by atoms with Crippen molar-refractivity contribution in [1.29, 1.82) is 0 Å². The van der Waals surface area contributed by atoms with Gasteiger partial charge in [-0.25, -0.2) is 0 Å². The second-order valence-electron chi connectivity index (χ2n) is 6.55. The van der Waals surface area contributed by atoms with Crippen LogP contribution in [0.3, 0.4) is 0 Å². The second kappa shape index (κ2) is 9.55. The third kappa shape index (κ3) is 4.93. The van der Waals surface area contributed by atoms with Crippen molar-refractivity contribution in [3.63, 3.8) is 0 Å². The van der Waals surface area contributed by atoms with Gasteiger partial charge >= 0.3 is 5.97 Å². The molecule has 0 radical (unpaired) electrons. The molecule has 0 aliphatic carbocycles. The molecule has 0 aromatic heterocycles. The summed E-state index contributed by atoms with van der Waals surface area (Å²) in [6.45, 7) is -0.447. The Balaban J connectivity index is 1.47. The summed E-state index contributed by atoms with van der Waals surface area (Å²) in [5.41, 5.74) is 5.35. The third-order valence-electron chi connectivity index (χ3n) is 4.53. The van der Waals surface area contributed by atoms with Gasteiger partial charge in [-0.3, -0.25) is 30.0 Å². The molecule has 1 heterocycles. The molecule has 1 saturated heterocycles. The molecule has 1 aliphatic heterocycles. The monoisotopic (exact) mass is 411 g/mol. The maximum Gasteiger partial charge on any atom is 0.311 e. The summed E-state index contributed by atoms with van der Waals surface area (Å²) in [7, 11) is 1.50. The van der Waals surface area contributed by atoms with E-state index in [2.05, 4.69) is 10.9 Å². The van der Waals surface area contributed by atoms with Gasteiger partial charge in [0.05, 0.1) is 18.7 Å². The quantitative estimate of drug-likeness (QED) is 0.543. The first-order valence-corrected chi connectivity index (χ1v) is 9.24. The fourth-order valence-electron chi connectivity index (χ4n) is 3.03. The molecule has 0 unspecified atom stereocenters. The maximum absolute atomic E-state index is 12.3. The smallest absolute Gasteiger partial charge is 0.311 e. The molecular formula is C21H21N3O6. The van der Waals surface area contributed by atoms with E-state index in [0.29, 0.717) is 17.0 Å². The number of hydrazine groups is 1. The minimum atomic E-state index is -0.700. The Labute approximate surface area is 172 Å². The molecule has 2 N–H and O–H groups in total. The van der Waals surface area contributed by atoms with Crippen LogP contribution in [0.15, 0.2) is 54.6 Å². The summed E-state index contributed by atoms with van der Waals surface area (Å²) >= 11 is 0. The van der Waals surface area contributed by atoms with Gasteiger partial charge in [0.1, 0.15) is 5.75 Å². The summed E-state index contributed by atoms with van der Waals surface area (Å²) in [5.74, 6) is -2.27. The molecule has 1 atom stereocenters. The third-order valence-corrected chi connectivity index (χ3v) is 4.53. The fourth-order valence-corrected chi connectivity index (χ4v) is 3.03. The van der Waals surface area contributed by atoms with Gasteiger partial charge in [-0.1, -0.05) is 30.3 Å². The number of carbonyl (C=O) groups excluding carboxylic acids is 4. The van der Waals surface area contributed by atoms with E-state index in [1.54, 1.807) is 54.6 Å². The van der Waals surface area contributed by atoms with Crippen molar-refractivity contribution in [2.24, 2.45) is 5.92 Å². The number of amides is 3. The van der Waals surface area contributed by atoms with Crippen LogP contribution in [-0.2, 0) is 19.1 Å². The van der Waals surface area contributed by atoms with Crippen LogP contribution in [-0.4, -0.2) is 44.0 Å². The standard InChI is InChI=1S/C21H21N3O6/c1-29-17-10-6-5-9-16(17)24-12-15(11-19(24)26)21(28)30-13-18(25)22-23-20(27)14-7-3-2-4-8-14/h2-10,15H,11-13H2,1H3,(H,22,25)(H,23,27)/t15-/m1/s1. The Kier molecular flexibility index (Phi) is 6.63. The number of methoxy groups -OCH3 is 1. The molecule has 3 amide bonds. The zero-order chi connectivity index (χ0) is 21.5. The molecule has 0 bridgehead atoms. The number of anilines is 1. The Bertz CT molecular complexity index is 947. The van der Waals surface area contributed by atoms with Gasteiger partial charge in [-0.15, -0.1) is 0 Å². The molecule has 30 heavy (non-hydrogen) atoms. The number of carbonyl (C=O) groups is 4. The highest BCUT2D eigenvalue weighted by molar-refractivity contribution is 6.00. The minimum absolute atomic E-state index is 0.0246. The Hall–Kier alpha value is -3.88. The Morgan fingerprint density at radius 2 is 1.73 bits per heavy atom. The van der Waals surface area contributed by atoms with Crippen LogP contribution in [0.5, 0.6) is 5.75 Å². The Morgan fingerprint density at radius 1 is 1.03 bits per heavy atom. The summed E-state index contributed by atoms with van der Waals surface area (Å²) in [6, 6.07) is 15.3. The van der Waals surface area contributed by atoms with Gasteiger partial charge in [-0.05, 0) is 24.3 Å². The van der Waals surface area contributed by atoms with Gasteiger partial charge in [0.15, 0.2) is 6.61 Å². The molecule has 1 fully saturated rings. The van der Waals surface area contributed by atoms with Gasteiger partial charge < -0.3 is 14.4 Å². The number of benzene rings is 2. The van der Waals surface area contributed by atoms with Crippen LogP contribution in [0.2, 0.25) is 0 Å². The van der Waals surface area contributed by atoms with Crippen molar-refractivity contribution in [3.05, 3.63) is 60.2 Å². The van der Waals surface area contributed by atoms with Crippen LogP contribution in [0.25, 0.3) is 0 Å². The van der Waals surface area contributed by atoms with Crippen molar-refractivity contribution in [2.75, 3.05) is 25.2 Å². The average molecular weight is 411 g/mol. The summed E-state index contributed by atoms with van der Waals surface area (Å²) in [6.07, 6.45) is -0.0246. The van der Waals surface area contributed by atoms with Crippen molar-refractivity contribution >= 4 is 29.4 Å². The minimum Gasteiger partial charge on any atom is -0.495 e. The lowest BCUT2D eigenvalue weighted by atomic mass is 10.1. The van der Waals surface area contributed by atoms with Crippen molar-refractivity contribution in [1.82, 2.24) is 10.9 Å². The number of esters is 1. The SMILES string of the molecule is COc1ccccc1N1C[C@H](C(=O)OCC(=O)NNC(=O)c2ccccc2)CC1=O. The first-order valence-electron chi connectivity index (χ1n) is 9.24. The second-order valence-corrected chi connectivity index (χ2v) is 6.55. The molecule has 0 spiro atoms. The molecule has 3 rings (SSSR count). The predicted octanol–water partition coefficient (Wildman–Crippen LogP) is 1.05. The van der Waals surface area contributed by atoms with E-state index < -0.39 is 30.3 Å². The number of nitrogens with one attached hydrogen (secondary N) is 2. The number of rotatable bonds is 6. The van der Waals surface area contributed by atoms with Gasteiger partial charge in [0, 0.05) is 18.5 Å². The van der Waals surface area contributed by atoms with Crippen LogP contribution < -0.4 is 20.5 Å². The number of nitrogens with zero attached hydrogens (tertiary/aromatic N) is 1. The lowest BCUT2D eigenvalue weighted by molar-refractivity contribution is -0.152. The van der Waals surface area contributed by atoms with E-state index in [9.17, 15) is 19.2 Å². The van der Waals surface area contributed by atoms with Crippen LogP contribution in [0.4, 0.5) is 5.69 Å². The summed E-state index contributed by atoms with van der Waals surface area (Å²) < 4.78 is 10.3. The molecular weight excluding hydrogens is 390 g/mol.